The molecule has 1 fully saturated rings. The SMILES string of the molecule is CN(CCC1CCCN1)Cc1ccoc1. The van der Waals surface area contributed by atoms with Gasteiger partial charge in [0.1, 0.15) is 0 Å². The predicted octanol–water partition coefficient (Wildman–Crippen LogP) is 1.85. The summed E-state index contributed by atoms with van der Waals surface area (Å²) in [5.41, 5.74) is 1.26. The van der Waals surface area contributed by atoms with Crippen molar-refractivity contribution in [2.24, 2.45) is 0 Å². The van der Waals surface area contributed by atoms with Crippen molar-refractivity contribution >= 4 is 0 Å². The first-order valence-electron chi connectivity index (χ1n) is 5.77. The van der Waals surface area contributed by atoms with Crippen molar-refractivity contribution in [1.82, 2.24) is 10.2 Å². The molecule has 84 valence electrons. The zero-order valence-electron chi connectivity index (χ0n) is 9.41. The van der Waals surface area contributed by atoms with Crippen LogP contribution in [0.2, 0.25) is 0 Å². The minimum absolute atomic E-state index is 0.747. The van der Waals surface area contributed by atoms with Crippen molar-refractivity contribution < 1.29 is 4.42 Å². The van der Waals surface area contributed by atoms with Gasteiger partial charge in [0.25, 0.3) is 0 Å². The van der Waals surface area contributed by atoms with Gasteiger partial charge in [-0.3, -0.25) is 0 Å². The summed E-state index contributed by atoms with van der Waals surface area (Å²) in [7, 11) is 2.17. The Morgan fingerprint density at radius 1 is 1.60 bits per heavy atom. The van der Waals surface area contributed by atoms with Crippen molar-refractivity contribution in [3.8, 4) is 0 Å². The molecule has 1 saturated heterocycles. The highest BCUT2D eigenvalue weighted by Crippen LogP contribution is 2.10. The minimum atomic E-state index is 0.747. The van der Waals surface area contributed by atoms with Gasteiger partial charge in [0.2, 0.25) is 0 Å². The van der Waals surface area contributed by atoms with Gasteiger partial charge in [-0.1, -0.05) is 0 Å². The second kappa shape index (κ2) is 5.33. The number of nitrogens with zero attached hydrogens (tertiary/aromatic N) is 1. The Balaban J connectivity index is 1.66. The Hall–Kier alpha value is -0.800. The van der Waals surface area contributed by atoms with Gasteiger partial charge in [0, 0.05) is 18.2 Å². The van der Waals surface area contributed by atoms with Crippen molar-refractivity contribution in [3.05, 3.63) is 24.2 Å². The number of rotatable bonds is 5. The molecule has 3 nitrogen and oxygen atoms in total. The lowest BCUT2D eigenvalue weighted by Crippen LogP contribution is -2.28. The predicted molar refractivity (Wildman–Crippen MR) is 60.7 cm³/mol. The van der Waals surface area contributed by atoms with E-state index in [2.05, 4.69) is 17.3 Å². The fourth-order valence-corrected chi connectivity index (χ4v) is 2.15. The molecule has 0 spiro atoms. The van der Waals surface area contributed by atoms with Crippen LogP contribution in [0.25, 0.3) is 0 Å². The van der Waals surface area contributed by atoms with E-state index >= 15 is 0 Å². The summed E-state index contributed by atoms with van der Waals surface area (Å²) in [6, 6.07) is 2.78. The summed E-state index contributed by atoms with van der Waals surface area (Å²) in [5, 5.41) is 3.53. The molecule has 1 aliphatic rings. The van der Waals surface area contributed by atoms with E-state index < -0.39 is 0 Å². The minimum Gasteiger partial charge on any atom is -0.472 e. The molecule has 1 aliphatic heterocycles. The lowest BCUT2D eigenvalue weighted by molar-refractivity contribution is 0.304. The third kappa shape index (κ3) is 3.36. The summed E-state index contributed by atoms with van der Waals surface area (Å²) in [6.07, 6.45) is 7.51. The van der Waals surface area contributed by atoms with Gasteiger partial charge in [-0.05, 0) is 45.5 Å². The first-order chi connectivity index (χ1) is 7.34. The number of nitrogens with one attached hydrogen (secondary N) is 1. The Morgan fingerprint density at radius 2 is 2.53 bits per heavy atom. The summed E-state index contributed by atoms with van der Waals surface area (Å²) in [5.74, 6) is 0. The highest BCUT2D eigenvalue weighted by molar-refractivity contribution is 5.04. The molecule has 0 aromatic carbocycles. The topological polar surface area (TPSA) is 28.4 Å². The first kappa shape index (κ1) is 10.7. The second-order valence-corrected chi connectivity index (χ2v) is 4.45. The molecule has 0 aliphatic carbocycles. The van der Waals surface area contributed by atoms with Gasteiger partial charge >= 0.3 is 0 Å². The van der Waals surface area contributed by atoms with E-state index in [0.29, 0.717) is 0 Å². The molecule has 2 rings (SSSR count). The van der Waals surface area contributed by atoms with Crippen molar-refractivity contribution in [1.29, 1.82) is 0 Å². The van der Waals surface area contributed by atoms with Crippen LogP contribution in [0.1, 0.15) is 24.8 Å². The molecule has 0 radical (unpaired) electrons. The summed E-state index contributed by atoms with van der Waals surface area (Å²) >= 11 is 0. The maximum atomic E-state index is 5.05. The van der Waals surface area contributed by atoms with Gasteiger partial charge in [-0.2, -0.15) is 0 Å². The summed E-state index contributed by atoms with van der Waals surface area (Å²) in [6.45, 7) is 3.35. The standard InChI is InChI=1S/C12H20N2O/c1-14(9-11-5-8-15-10-11)7-4-12-3-2-6-13-12/h5,8,10,12-13H,2-4,6-7,9H2,1H3. The summed E-state index contributed by atoms with van der Waals surface area (Å²) in [4.78, 5) is 2.35. The zero-order chi connectivity index (χ0) is 10.5. The molecule has 2 heterocycles. The third-order valence-corrected chi connectivity index (χ3v) is 3.05. The Kier molecular flexibility index (Phi) is 3.80. The molecular formula is C12H20N2O. The average molecular weight is 208 g/mol. The molecular weight excluding hydrogens is 188 g/mol. The quantitative estimate of drug-likeness (QED) is 0.800. The monoisotopic (exact) mass is 208 g/mol. The van der Waals surface area contributed by atoms with Crippen molar-refractivity contribution in [2.75, 3.05) is 20.1 Å². The van der Waals surface area contributed by atoms with Crippen LogP contribution in [-0.2, 0) is 6.54 Å². The van der Waals surface area contributed by atoms with E-state index in [9.17, 15) is 0 Å². The van der Waals surface area contributed by atoms with Crippen molar-refractivity contribution in [2.45, 2.75) is 31.8 Å². The molecule has 15 heavy (non-hydrogen) atoms. The van der Waals surface area contributed by atoms with Crippen LogP contribution >= 0.6 is 0 Å². The van der Waals surface area contributed by atoms with Crippen LogP contribution in [0.15, 0.2) is 23.0 Å². The zero-order valence-corrected chi connectivity index (χ0v) is 9.41. The smallest absolute Gasteiger partial charge is 0.0947 e. The highest BCUT2D eigenvalue weighted by atomic mass is 16.3. The van der Waals surface area contributed by atoms with Crippen LogP contribution in [0.3, 0.4) is 0 Å². The Morgan fingerprint density at radius 3 is 3.20 bits per heavy atom. The van der Waals surface area contributed by atoms with Crippen molar-refractivity contribution in [3.63, 3.8) is 0 Å². The highest BCUT2D eigenvalue weighted by Gasteiger charge is 2.14. The molecule has 3 heteroatoms. The lowest BCUT2D eigenvalue weighted by Gasteiger charge is -2.18. The largest absolute Gasteiger partial charge is 0.472 e. The van der Waals surface area contributed by atoms with E-state index in [1.54, 1.807) is 6.26 Å². The van der Waals surface area contributed by atoms with Gasteiger partial charge in [0.05, 0.1) is 12.5 Å². The van der Waals surface area contributed by atoms with E-state index in [1.165, 1.54) is 31.4 Å². The van der Waals surface area contributed by atoms with Gasteiger partial charge in [0.15, 0.2) is 0 Å². The van der Waals surface area contributed by atoms with Crippen LogP contribution < -0.4 is 5.32 Å². The molecule has 1 aromatic rings. The van der Waals surface area contributed by atoms with E-state index in [4.69, 9.17) is 4.42 Å². The molecule has 0 saturated carbocycles. The maximum Gasteiger partial charge on any atom is 0.0947 e. The number of hydrogen-bond donors (Lipinski definition) is 1. The second-order valence-electron chi connectivity index (χ2n) is 4.45. The first-order valence-corrected chi connectivity index (χ1v) is 5.77. The van der Waals surface area contributed by atoms with Gasteiger partial charge in [-0.25, -0.2) is 0 Å². The van der Waals surface area contributed by atoms with E-state index in [1.807, 2.05) is 12.3 Å². The van der Waals surface area contributed by atoms with Crippen LogP contribution in [-0.4, -0.2) is 31.1 Å². The molecule has 0 bridgehead atoms. The average Bonchev–Trinajstić information content (AvgIpc) is 2.86. The fraction of sp³-hybridized carbons (Fsp3) is 0.667. The molecule has 1 N–H and O–H groups in total. The third-order valence-electron chi connectivity index (χ3n) is 3.05. The van der Waals surface area contributed by atoms with Gasteiger partial charge in [-0.15, -0.1) is 0 Å². The normalized spacial score (nSPS) is 21.3. The fourth-order valence-electron chi connectivity index (χ4n) is 2.15. The maximum absolute atomic E-state index is 5.05. The molecule has 1 atom stereocenters. The summed E-state index contributed by atoms with van der Waals surface area (Å²) < 4.78 is 5.05. The lowest BCUT2D eigenvalue weighted by atomic mass is 10.1. The van der Waals surface area contributed by atoms with Crippen LogP contribution in [0.4, 0.5) is 0 Å². The number of hydrogen-bond acceptors (Lipinski definition) is 3. The van der Waals surface area contributed by atoms with Crippen LogP contribution in [0, 0.1) is 0 Å². The van der Waals surface area contributed by atoms with E-state index in [0.717, 1.165) is 19.1 Å². The van der Waals surface area contributed by atoms with Gasteiger partial charge < -0.3 is 14.6 Å². The molecule has 0 amide bonds. The van der Waals surface area contributed by atoms with E-state index in [-0.39, 0.29) is 0 Å². The molecule has 1 unspecified atom stereocenters. The molecule has 1 aromatic heterocycles. The van der Waals surface area contributed by atoms with Crippen LogP contribution in [0.5, 0.6) is 0 Å². The number of furan rings is 1. The Labute approximate surface area is 91.4 Å². The Bertz CT molecular complexity index is 265.